The van der Waals surface area contributed by atoms with Gasteiger partial charge in [0.25, 0.3) is 5.97 Å². The zero-order chi connectivity index (χ0) is 9.61. The summed E-state index contributed by atoms with van der Waals surface area (Å²) in [5, 5.41) is 7.42. The Hall–Kier alpha value is -0.610. The first kappa shape index (κ1) is 11.4. The molecule has 1 unspecified atom stereocenters. The molecule has 1 rings (SSSR count). The topological polar surface area (TPSA) is 55.8 Å². The SMILES string of the molecule is CC(=O)O.CCC1(C)CCOO1. The number of rotatable bonds is 1. The molecule has 0 spiro atoms. The van der Waals surface area contributed by atoms with Crippen LogP contribution < -0.4 is 0 Å². The van der Waals surface area contributed by atoms with Crippen molar-refractivity contribution < 1.29 is 19.7 Å². The monoisotopic (exact) mass is 176 g/mol. The Morgan fingerprint density at radius 2 is 2.17 bits per heavy atom. The minimum absolute atomic E-state index is 0.0139. The molecule has 0 aliphatic carbocycles. The molecule has 0 aromatic heterocycles. The molecule has 1 N–H and O–H groups in total. The van der Waals surface area contributed by atoms with E-state index >= 15 is 0 Å². The molecule has 0 aromatic rings. The van der Waals surface area contributed by atoms with Crippen LogP contribution in [-0.4, -0.2) is 23.3 Å². The standard InChI is InChI=1S/C6H12O2.C2H4O2/c1-3-6(2)4-5-7-8-6;1-2(3)4/h3-5H2,1-2H3;1H3,(H,3,4). The van der Waals surface area contributed by atoms with E-state index in [1.165, 1.54) is 0 Å². The van der Waals surface area contributed by atoms with Crippen molar-refractivity contribution in [1.29, 1.82) is 0 Å². The Kier molecular flexibility index (Phi) is 4.85. The van der Waals surface area contributed by atoms with E-state index in [0.717, 1.165) is 26.4 Å². The number of hydrogen-bond donors (Lipinski definition) is 1. The second-order valence-electron chi connectivity index (χ2n) is 2.98. The summed E-state index contributed by atoms with van der Waals surface area (Å²) in [5.41, 5.74) is 0.0139. The molecule has 1 saturated heterocycles. The van der Waals surface area contributed by atoms with Crippen molar-refractivity contribution in [3.8, 4) is 0 Å². The number of carboxylic acids is 1. The van der Waals surface area contributed by atoms with E-state index in [1.54, 1.807) is 0 Å². The van der Waals surface area contributed by atoms with E-state index in [-0.39, 0.29) is 5.60 Å². The molecular formula is C8H16O4. The quantitative estimate of drug-likeness (QED) is 0.616. The molecule has 1 fully saturated rings. The van der Waals surface area contributed by atoms with Crippen LogP contribution in [0.15, 0.2) is 0 Å². The van der Waals surface area contributed by atoms with Gasteiger partial charge in [-0.25, -0.2) is 9.78 Å². The van der Waals surface area contributed by atoms with Gasteiger partial charge in [0.15, 0.2) is 0 Å². The fourth-order valence-electron chi connectivity index (χ4n) is 0.719. The van der Waals surface area contributed by atoms with E-state index in [1.807, 2.05) is 0 Å². The normalized spacial score (nSPS) is 27.6. The maximum Gasteiger partial charge on any atom is 0.300 e. The molecule has 0 radical (unpaired) electrons. The van der Waals surface area contributed by atoms with E-state index in [0.29, 0.717) is 0 Å². The first-order valence-corrected chi connectivity index (χ1v) is 4.00. The van der Waals surface area contributed by atoms with E-state index < -0.39 is 5.97 Å². The first-order valence-electron chi connectivity index (χ1n) is 4.00. The molecule has 1 aliphatic heterocycles. The molecule has 0 saturated carbocycles. The Bertz CT molecular complexity index is 134. The van der Waals surface area contributed by atoms with Crippen LogP contribution in [0.2, 0.25) is 0 Å². The fourth-order valence-corrected chi connectivity index (χ4v) is 0.719. The molecule has 1 heterocycles. The second-order valence-corrected chi connectivity index (χ2v) is 2.98. The van der Waals surface area contributed by atoms with Gasteiger partial charge in [-0.15, -0.1) is 0 Å². The van der Waals surface area contributed by atoms with Gasteiger partial charge >= 0.3 is 0 Å². The van der Waals surface area contributed by atoms with Gasteiger partial charge in [0.1, 0.15) is 5.60 Å². The van der Waals surface area contributed by atoms with E-state index in [9.17, 15) is 0 Å². The van der Waals surface area contributed by atoms with Crippen molar-refractivity contribution >= 4 is 5.97 Å². The van der Waals surface area contributed by atoms with E-state index in [2.05, 4.69) is 13.8 Å². The highest BCUT2D eigenvalue weighted by Gasteiger charge is 2.29. The van der Waals surface area contributed by atoms with Crippen LogP contribution in [0.3, 0.4) is 0 Å². The highest BCUT2D eigenvalue weighted by atomic mass is 17.2. The zero-order valence-electron chi connectivity index (χ0n) is 7.79. The highest BCUT2D eigenvalue weighted by Crippen LogP contribution is 2.25. The molecule has 12 heavy (non-hydrogen) atoms. The summed E-state index contributed by atoms with van der Waals surface area (Å²) in [4.78, 5) is 18.7. The summed E-state index contributed by atoms with van der Waals surface area (Å²) in [5.74, 6) is -0.833. The average molecular weight is 176 g/mol. The fraction of sp³-hybridized carbons (Fsp3) is 0.875. The molecule has 4 heteroatoms. The molecule has 1 atom stereocenters. The van der Waals surface area contributed by atoms with Crippen LogP contribution in [0.5, 0.6) is 0 Å². The third kappa shape index (κ3) is 5.09. The van der Waals surface area contributed by atoms with Crippen molar-refractivity contribution in [3.63, 3.8) is 0 Å². The van der Waals surface area contributed by atoms with Gasteiger partial charge in [-0.05, 0) is 13.3 Å². The molecule has 1 aliphatic rings. The molecule has 72 valence electrons. The van der Waals surface area contributed by atoms with Crippen molar-refractivity contribution in [2.24, 2.45) is 0 Å². The number of hydrogen-bond acceptors (Lipinski definition) is 3. The lowest BCUT2D eigenvalue weighted by molar-refractivity contribution is -0.304. The summed E-state index contributed by atoms with van der Waals surface area (Å²) in [6.45, 7) is 6.01. The Balaban J connectivity index is 0.000000261. The maximum absolute atomic E-state index is 9.00. The molecule has 0 bridgehead atoms. The first-order chi connectivity index (χ1) is 5.50. The van der Waals surface area contributed by atoms with Crippen molar-refractivity contribution in [2.45, 2.75) is 39.2 Å². The lowest BCUT2D eigenvalue weighted by atomic mass is 10.0. The summed E-state index contributed by atoms with van der Waals surface area (Å²) in [6.07, 6.45) is 2.07. The predicted octanol–water partition coefficient (Wildman–Crippen LogP) is 1.60. The highest BCUT2D eigenvalue weighted by molar-refractivity contribution is 5.62. The molecule has 0 aromatic carbocycles. The third-order valence-corrected chi connectivity index (χ3v) is 1.72. The Morgan fingerprint density at radius 3 is 2.33 bits per heavy atom. The summed E-state index contributed by atoms with van der Waals surface area (Å²) in [6, 6.07) is 0. The van der Waals surface area contributed by atoms with Gasteiger partial charge in [-0.2, -0.15) is 0 Å². The van der Waals surface area contributed by atoms with Gasteiger partial charge in [0.05, 0.1) is 6.61 Å². The maximum atomic E-state index is 9.00. The lowest BCUT2D eigenvalue weighted by Crippen LogP contribution is -2.20. The van der Waals surface area contributed by atoms with Gasteiger partial charge in [0.2, 0.25) is 0 Å². The number of carboxylic acid groups (broad SMARTS) is 1. The van der Waals surface area contributed by atoms with Crippen molar-refractivity contribution in [2.75, 3.05) is 6.61 Å². The van der Waals surface area contributed by atoms with Gasteiger partial charge < -0.3 is 5.11 Å². The smallest absolute Gasteiger partial charge is 0.300 e. The van der Waals surface area contributed by atoms with Gasteiger partial charge in [-0.3, -0.25) is 4.79 Å². The summed E-state index contributed by atoms with van der Waals surface area (Å²) in [7, 11) is 0. The van der Waals surface area contributed by atoms with Crippen LogP contribution >= 0.6 is 0 Å². The van der Waals surface area contributed by atoms with Crippen LogP contribution in [0, 0.1) is 0 Å². The predicted molar refractivity (Wildman–Crippen MR) is 43.7 cm³/mol. The van der Waals surface area contributed by atoms with Crippen LogP contribution in [0.1, 0.15) is 33.6 Å². The second kappa shape index (κ2) is 5.11. The minimum Gasteiger partial charge on any atom is -0.481 e. The van der Waals surface area contributed by atoms with Crippen LogP contribution in [0.25, 0.3) is 0 Å². The molecule has 0 amide bonds. The molecular weight excluding hydrogens is 160 g/mol. The Morgan fingerprint density at radius 1 is 1.67 bits per heavy atom. The Labute approximate surface area is 72.4 Å². The van der Waals surface area contributed by atoms with Crippen molar-refractivity contribution in [3.05, 3.63) is 0 Å². The zero-order valence-corrected chi connectivity index (χ0v) is 7.79. The summed E-state index contributed by atoms with van der Waals surface area (Å²) >= 11 is 0. The largest absolute Gasteiger partial charge is 0.481 e. The minimum atomic E-state index is -0.833. The number of carbonyl (C=O) groups is 1. The summed E-state index contributed by atoms with van der Waals surface area (Å²) < 4.78 is 0. The van der Waals surface area contributed by atoms with Gasteiger partial charge in [-0.1, -0.05) is 6.92 Å². The molecule has 4 nitrogen and oxygen atoms in total. The lowest BCUT2D eigenvalue weighted by Gasteiger charge is -2.15. The van der Waals surface area contributed by atoms with E-state index in [4.69, 9.17) is 19.7 Å². The van der Waals surface area contributed by atoms with Crippen molar-refractivity contribution in [1.82, 2.24) is 0 Å². The van der Waals surface area contributed by atoms with Gasteiger partial charge in [0, 0.05) is 13.3 Å². The average Bonchev–Trinajstić information content (AvgIpc) is 2.36. The number of aliphatic carboxylic acids is 1. The van der Waals surface area contributed by atoms with Crippen LogP contribution in [-0.2, 0) is 14.6 Å². The van der Waals surface area contributed by atoms with Crippen LogP contribution in [0.4, 0.5) is 0 Å². The third-order valence-electron chi connectivity index (χ3n) is 1.72.